The predicted molar refractivity (Wildman–Crippen MR) is 76.1 cm³/mol. The molecule has 0 spiro atoms. The summed E-state index contributed by atoms with van der Waals surface area (Å²) in [5.41, 5.74) is 2.39. The molecule has 1 aromatic carbocycles. The molecule has 0 aliphatic carbocycles. The highest BCUT2D eigenvalue weighted by Crippen LogP contribution is 2.23. The number of ether oxygens (including phenoxy) is 1. The van der Waals surface area contributed by atoms with Gasteiger partial charge < -0.3 is 4.74 Å². The summed E-state index contributed by atoms with van der Waals surface area (Å²) in [4.78, 5) is 4.48. The van der Waals surface area contributed by atoms with Crippen LogP contribution in [0.5, 0.6) is 5.88 Å². The van der Waals surface area contributed by atoms with Crippen LogP contribution in [0.3, 0.4) is 0 Å². The molecule has 0 N–H and O–H groups in total. The van der Waals surface area contributed by atoms with E-state index in [1.54, 1.807) is 7.11 Å². The largest absolute Gasteiger partial charge is 0.481 e. The maximum Gasteiger partial charge on any atom is 0.213 e. The van der Waals surface area contributed by atoms with Crippen molar-refractivity contribution < 1.29 is 4.74 Å². The number of pyridine rings is 1. The molecule has 0 saturated heterocycles. The number of benzene rings is 1. The fourth-order valence-corrected chi connectivity index (χ4v) is 2.27. The second-order valence-corrected chi connectivity index (χ2v) is 4.65. The molecule has 2 nitrogen and oxygen atoms in total. The molecule has 0 aliphatic heterocycles. The zero-order chi connectivity index (χ0) is 12.8. The summed E-state index contributed by atoms with van der Waals surface area (Å²) in [7, 11) is 1.68. The maximum atomic E-state index is 5.28. The van der Waals surface area contributed by atoms with Crippen molar-refractivity contribution in [3.05, 3.63) is 35.9 Å². The van der Waals surface area contributed by atoms with Gasteiger partial charge in [-0.3, -0.25) is 0 Å². The van der Waals surface area contributed by atoms with Crippen LogP contribution in [0.2, 0.25) is 0 Å². The third-order valence-corrected chi connectivity index (χ3v) is 3.29. The van der Waals surface area contributed by atoms with Crippen LogP contribution in [0.4, 0.5) is 0 Å². The van der Waals surface area contributed by atoms with E-state index in [-0.39, 0.29) is 0 Å². The molecule has 0 unspecified atom stereocenters. The Hall–Kier alpha value is -1.57. The fraction of sp³-hybridized carbons (Fsp3) is 0.438. The molecule has 0 saturated carbocycles. The van der Waals surface area contributed by atoms with E-state index < -0.39 is 0 Å². The second kappa shape index (κ2) is 6.39. The fourth-order valence-electron chi connectivity index (χ4n) is 2.27. The molecule has 96 valence electrons. The first-order chi connectivity index (χ1) is 8.85. The number of methoxy groups -OCH3 is 1. The zero-order valence-corrected chi connectivity index (χ0v) is 11.3. The van der Waals surface area contributed by atoms with E-state index in [0.717, 1.165) is 17.8 Å². The minimum absolute atomic E-state index is 0.721. The molecule has 2 heteroatoms. The van der Waals surface area contributed by atoms with E-state index in [2.05, 4.69) is 30.1 Å². The van der Waals surface area contributed by atoms with Crippen molar-refractivity contribution in [1.29, 1.82) is 0 Å². The third kappa shape index (κ3) is 3.00. The summed E-state index contributed by atoms with van der Waals surface area (Å²) in [6.07, 6.45) is 6.25. The van der Waals surface area contributed by atoms with Crippen LogP contribution >= 0.6 is 0 Å². The Morgan fingerprint density at radius 2 is 1.94 bits per heavy atom. The van der Waals surface area contributed by atoms with E-state index >= 15 is 0 Å². The van der Waals surface area contributed by atoms with Gasteiger partial charge >= 0.3 is 0 Å². The molecule has 2 aromatic rings. The number of unbranched alkanes of at least 4 members (excludes halogenated alkanes) is 3. The topological polar surface area (TPSA) is 22.1 Å². The SMILES string of the molecule is CCCCCCc1cc(OC)nc2ccccc12. The highest BCUT2D eigenvalue weighted by atomic mass is 16.5. The van der Waals surface area contributed by atoms with Crippen molar-refractivity contribution in [2.45, 2.75) is 39.0 Å². The number of nitrogens with zero attached hydrogens (tertiary/aromatic N) is 1. The first kappa shape index (κ1) is 12.9. The van der Waals surface area contributed by atoms with Gasteiger partial charge in [-0.15, -0.1) is 0 Å². The van der Waals surface area contributed by atoms with Crippen LogP contribution in [0.25, 0.3) is 10.9 Å². The van der Waals surface area contributed by atoms with Gasteiger partial charge in [0.1, 0.15) is 0 Å². The Kier molecular flexibility index (Phi) is 4.57. The molecule has 0 atom stereocenters. The Morgan fingerprint density at radius 3 is 2.72 bits per heavy atom. The molecular formula is C16H21NO. The number of aryl methyl sites for hydroxylation is 1. The number of rotatable bonds is 6. The number of hydrogen-bond acceptors (Lipinski definition) is 2. The second-order valence-electron chi connectivity index (χ2n) is 4.65. The molecule has 0 radical (unpaired) electrons. The molecule has 2 rings (SSSR count). The lowest BCUT2D eigenvalue weighted by molar-refractivity contribution is 0.399. The zero-order valence-electron chi connectivity index (χ0n) is 11.3. The van der Waals surface area contributed by atoms with Gasteiger partial charge in [0.05, 0.1) is 12.6 Å². The Bertz CT molecular complexity index is 507. The van der Waals surface area contributed by atoms with Gasteiger partial charge in [0.25, 0.3) is 0 Å². The summed E-state index contributed by atoms with van der Waals surface area (Å²) in [6.45, 7) is 2.24. The van der Waals surface area contributed by atoms with Crippen molar-refractivity contribution in [1.82, 2.24) is 4.98 Å². The molecule has 18 heavy (non-hydrogen) atoms. The van der Waals surface area contributed by atoms with Gasteiger partial charge in [-0.2, -0.15) is 0 Å². The van der Waals surface area contributed by atoms with E-state index in [0.29, 0.717) is 0 Å². The van der Waals surface area contributed by atoms with Crippen LogP contribution in [-0.2, 0) is 6.42 Å². The van der Waals surface area contributed by atoms with Gasteiger partial charge in [-0.05, 0) is 24.5 Å². The van der Waals surface area contributed by atoms with Crippen LogP contribution in [-0.4, -0.2) is 12.1 Å². The molecule has 1 heterocycles. The van der Waals surface area contributed by atoms with Crippen LogP contribution in [0.1, 0.15) is 38.2 Å². The van der Waals surface area contributed by atoms with E-state index in [1.165, 1.54) is 36.6 Å². The molecule has 1 aromatic heterocycles. The summed E-state index contributed by atoms with van der Waals surface area (Å²) in [6, 6.07) is 10.4. The van der Waals surface area contributed by atoms with Gasteiger partial charge in [-0.1, -0.05) is 44.4 Å². The smallest absolute Gasteiger partial charge is 0.213 e. The highest BCUT2D eigenvalue weighted by molar-refractivity contribution is 5.82. The maximum absolute atomic E-state index is 5.28. The van der Waals surface area contributed by atoms with Crippen molar-refractivity contribution in [3.8, 4) is 5.88 Å². The summed E-state index contributed by atoms with van der Waals surface area (Å²) < 4.78 is 5.28. The molecular weight excluding hydrogens is 222 g/mol. The van der Waals surface area contributed by atoms with Gasteiger partial charge in [0, 0.05) is 11.5 Å². The summed E-state index contributed by atoms with van der Waals surface area (Å²) >= 11 is 0. The van der Waals surface area contributed by atoms with E-state index in [9.17, 15) is 0 Å². The molecule has 0 fully saturated rings. The van der Waals surface area contributed by atoms with Crippen LogP contribution in [0.15, 0.2) is 30.3 Å². The minimum atomic E-state index is 0.721. The quantitative estimate of drug-likeness (QED) is 0.703. The first-order valence-corrected chi connectivity index (χ1v) is 6.77. The van der Waals surface area contributed by atoms with Crippen molar-refractivity contribution >= 4 is 10.9 Å². The van der Waals surface area contributed by atoms with Crippen molar-refractivity contribution in [2.24, 2.45) is 0 Å². The minimum Gasteiger partial charge on any atom is -0.481 e. The number of para-hydroxylation sites is 1. The number of hydrogen-bond donors (Lipinski definition) is 0. The normalized spacial score (nSPS) is 10.8. The van der Waals surface area contributed by atoms with E-state index in [1.807, 2.05) is 12.1 Å². The lowest BCUT2D eigenvalue weighted by Gasteiger charge is -2.08. The van der Waals surface area contributed by atoms with Gasteiger partial charge in [0.15, 0.2) is 0 Å². The van der Waals surface area contributed by atoms with Gasteiger partial charge in [0.2, 0.25) is 5.88 Å². The lowest BCUT2D eigenvalue weighted by Crippen LogP contribution is -1.94. The predicted octanol–water partition coefficient (Wildman–Crippen LogP) is 4.37. The average molecular weight is 243 g/mol. The Balaban J connectivity index is 2.23. The van der Waals surface area contributed by atoms with Crippen molar-refractivity contribution in [3.63, 3.8) is 0 Å². The standard InChI is InChI=1S/C16H21NO/c1-3-4-5-6-9-13-12-16(18-2)17-15-11-8-7-10-14(13)15/h7-8,10-12H,3-6,9H2,1-2H3. The summed E-state index contributed by atoms with van der Waals surface area (Å²) in [5, 5.41) is 1.26. The lowest BCUT2D eigenvalue weighted by atomic mass is 10.0. The number of aromatic nitrogens is 1. The number of fused-ring (bicyclic) bond motifs is 1. The van der Waals surface area contributed by atoms with Crippen LogP contribution < -0.4 is 4.74 Å². The molecule has 0 aliphatic rings. The van der Waals surface area contributed by atoms with E-state index in [4.69, 9.17) is 4.74 Å². The Morgan fingerprint density at radius 1 is 1.11 bits per heavy atom. The Labute approximate surface area is 109 Å². The molecule has 0 amide bonds. The molecule has 0 bridgehead atoms. The summed E-state index contributed by atoms with van der Waals surface area (Å²) in [5.74, 6) is 0.721. The van der Waals surface area contributed by atoms with Gasteiger partial charge in [-0.25, -0.2) is 4.98 Å². The monoisotopic (exact) mass is 243 g/mol. The highest BCUT2D eigenvalue weighted by Gasteiger charge is 2.05. The first-order valence-electron chi connectivity index (χ1n) is 6.77. The third-order valence-electron chi connectivity index (χ3n) is 3.29. The average Bonchev–Trinajstić information content (AvgIpc) is 2.43. The van der Waals surface area contributed by atoms with Crippen LogP contribution in [0, 0.1) is 0 Å². The van der Waals surface area contributed by atoms with Crippen molar-refractivity contribution in [2.75, 3.05) is 7.11 Å².